The minimum absolute atomic E-state index is 0.411. The maximum atomic E-state index is 10.4. The van der Waals surface area contributed by atoms with Gasteiger partial charge in [0.15, 0.2) is 0 Å². The summed E-state index contributed by atoms with van der Waals surface area (Å²) < 4.78 is 0. The van der Waals surface area contributed by atoms with E-state index in [2.05, 4.69) is 5.32 Å². The molecule has 0 amide bonds. The molecule has 1 rings (SSSR count). The molecule has 2 N–H and O–H groups in total. The van der Waals surface area contributed by atoms with Crippen molar-refractivity contribution in [1.29, 1.82) is 0 Å². The van der Waals surface area contributed by atoms with Crippen molar-refractivity contribution in [2.45, 2.75) is 0 Å². The first-order valence-electron chi connectivity index (χ1n) is 3.10. The quantitative estimate of drug-likeness (QED) is 0.544. The molecule has 0 spiro atoms. The number of rotatable bonds is 1. The van der Waals surface area contributed by atoms with E-state index in [1.165, 1.54) is 0 Å². The van der Waals surface area contributed by atoms with Crippen LogP contribution in [0.4, 0.5) is 0 Å². The Labute approximate surface area is 59.0 Å². The lowest BCUT2D eigenvalue weighted by Gasteiger charge is -1.97. The van der Waals surface area contributed by atoms with Gasteiger partial charge in [-0.1, -0.05) is 18.2 Å². The van der Waals surface area contributed by atoms with Crippen molar-refractivity contribution in [3.05, 3.63) is 23.8 Å². The van der Waals surface area contributed by atoms with Gasteiger partial charge in [-0.05, 0) is 0 Å². The van der Waals surface area contributed by atoms with E-state index in [0.717, 1.165) is 6.54 Å². The predicted molar refractivity (Wildman–Crippen MR) is 37.7 cm³/mol. The normalized spacial score (nSPS) is 17.8. The Morgan fingerprint density at radius 2 is 2.50 bits per heavy atom. The summed E-state index contributed by atoms with van der Waals surface area (Å²) >= 11 is 0. The molecule has 0 atom stereocenters. The van der Waals surface area contributed by atoms with Gasteiger partial charge >= 0.3 is 5.97 Å². The average molecular weight is 139 g/mol. The smallest absolute Gasteiger partial charge is 0.332 e. The van der Waals surface area contributed by atoms with Crippen molar-refractivity contribution < 1.29 is 9.90 Å². The van der Waals surface area contributed by atoms with Crippen LogP contribution in [0.25, 0.3) is 0 Å². The summed E-state index contributed by atoms with van der Waals surface area (Å²) in [5.41, 5.74) is 0.411. The number of carbonyl (C=O) groups is 1. The molecule has 1 aliphatic rings. The molecule has 0 bridgehead atoms. The highest BCUT2D eigenvalue weighted by Gasteiger charge is 2.05. The molecule has 0 aromatic heterocycles. The van der Waals surface area contributed by atoms with Crippen LogP contribution in [0.5, 0.6) is 0 Å². The summed E-state index contributed by atoms with van der Waals surface area (Å²) in [7, 11) is 0. The third kappa shape index (κ3) is 1.70. The van der Waals surface area contributed by atoms with Crippen molar-refractivity contribution in [3.63, 3.8) is 0 Å². The van der Waals surface area contributed by atoms with Crippen LogP contribution in [0.15, 0.2) is 23.8 Å². The Morgan fingerprint density at radius 3 is 3.20 bits per heavy atom. The zero-order chi connectivity index (χ0) is 7.40. The number of nitrogens with one attached hydrogen (secondary N) is 1. The molecule has 0 radical (unpaired) electrons. The number of carboxylic acid groups (broad SMARTS) is 1. The number of allylic oxidation sites excluding steroid dienone is 2. The third-order valence-electron chi connectivity index (χ3n) is 1.29. The summed E-state index contributed by atoms with van der Waals surface area (Å²) in [5.74, 6) is -0.848. The second-order valence-electron chi connectivity index (χ2n) is 2.06. The Kier molecular flexibility index (Phi) is 2.23. The highest BCUT2D eigenvalue weighted by atomic mass is 16.4. The zero-order valence-electron chi connectivity index (χ0n) is 5.50. The van der Waals surface area contributed by atoms with Crippen molar-refractivity contribution in [1.82, 2.24) is 5.32 Å². The van der Waals surface area contributed by atoms with E-state index >= 15 is 0 Å². The molecule has 3 heteroatoms. The molecule has 3 nitrogen and oxygen atoms in total. The van der Waals surface area contributed by atoms with Crippen LogP contribution in [0.3, 0.4) is 0 Å². The lowest BCUT2D eigenvalue weighted by atomic mass is 10.2. The molecule has 54 valence electrons. The minimum atomic E-state index is -0.848. The van der Waals surface area contributed by atoms with Gasteiger partial charge in [-0.2, -0.15) is 0 Å². The fourth-order valence-electron chi connectivity index (χ4n) is 0.748. The van der Waals surface area contributed by atoms with Gasteiger partial charge in [0.25, 0.3) is 0 Å². The van der Waals surface area contributed by atoms with Crippen molar-refractivity contribution in [3.8, 4) is 0 Å². The van der Waals surface area contributed by atoms with E-state index in [4.69, 9.17) is 5.11 Å². The molecule has 0 aromatic carbocycles. The average Bonchev–Trinajstić information content (AvgIpc) is 2.12. The summed E-state index contributed by atoms with van der Waals surface area (Å²) in [6.07, 6.45) is 5.25. The maximum Gasteiger partial charge on any atom is 0.332 e. The summed E-state index contributed by atoms with van der Waals surface area (Å²) in [5, 5.41) is 11.5. The first kappa shape index (κ1) is 7.02. The fraction of sp³-hybridized carbons (Fsp3) is 0.286. The van der Waals surface area contributed by atoms with E-state index in [0.29, 0.717) is 12.1 Å². The van der Waals surface area contributed by atoms with Gasteiger partial charge in [0.2, 0.25) is 0 Å². The van der Waals surface area contributed by atoms with Gasteiger partial charge < -0.3 is 10.4 Å². The van der Waals surface area contributed by atoms with Gasteiger partial charge in [0.1, 0.15) is 0 Å². The van der Waals surface area contributed by atoms with Crippen LogP contribution in [0.1, 0.15) is 0 Å². The molecule has 1 heterocycles. The summed E-state index contributed by atoms with van der Waals surface area (Å²) in [4.78, 5) is 10.4. The SMILES string of the molecule is O=C(O)C1=CC=CCNC1. The number of hydrogen-bond acceptors (Lipinski definition) is 2. The first-order chi connectivity index (χ1) is 4.80. The minimum Gasteiger partial charge on any atom is -0.478 e. The van der Waals surface area contributed by atoms with Gasteiger partial charge in [0.05, 0.1) is 5.57 Å². The second kappa shape index (κ2) is 3.17. The standard InChI is InChI=1S/C7H9NO2/c9-7(10)6-3-1-2-4-8-5-6/h1-3,8H,4-5H2,(H,9,10). The highest BCUT2D eigenvalue weighted by molar-refractivity contribution is 5.87. The Morgan fingerprint density at radius 1 is 1.70 bits per heavy atom. The molecule has 0 saturated heterocycles. The van der Waals surface area contributed by atoms with E-state index in [9.17, 15) is 4.79 Å². The third-order valence-corrected chi connectivity index (χ3v) is 1.29. The Hall–Kier alpha value is -1.09. The summed E-state index contributed by atoms with van der Waals surface area (Å²) in [6.45, 7) is 1.19. The molecule has 0 saturated carbocycles. The monoisotopic (exact) mass is 139 g/mol. The zero-order valence-corrected chi connectivity index (χ0v) is 5.50. The molecule has 1 aliphatic heterocycles. The van der Waals surface area contributed by atoms with Crippen LogP contribution < -0.4 is 5.32 Å². The molecule has 0 fully saturated rings. The van der Waals surface area contributed by atoms with Crippen LogP contribution in [0, 0.1) is 0 Å². The van der Waals surface area contributed by atoms with Gasteiger partial charge in [-0.15, -0.1) is 0 Å². The van der Waals surface area contributed by atoms with Gasteiger partial charge in [0, 0.05) is 13.1 Å². The van der Waals surface area contributed by atoms with Crippen LogP contribution in [-0.2, 0) is 4.79 Å². The van der Waals surface area contributed by atoms with E-state index in [1.54, 1.807) is 12.2 Å². The Bertz CT molecular complexity index is 194. The number of hydrogen-bond donors (Lipinski definition) is 2. The molecule has 0 aliphatic carbocycles. The predicted octanol–water partition coefficient (Wildman–Crippen LogP) is 0.157. The highest BCUT2D eigenvalue weighted by Crippen LogP contribution is 1.95. The fourth-order valence-corrected chi connectivity index (χ4v) is 0.748. The van der Waals surface area contributed by atoms with Gasteiger partial charge in [-0.25, -0.2) is 4.79 Å². The van der Waals surface area contributed by atoms with Crippen molar-refractivity contribution >= 4 is 5.97 Å². The lowest BCUT2D eigenvalue weighted by Crippen LogP contribution is -2.19. The second-order valence-corrected chi connectivity index (χ2v) is 2.06. The number of aliphatic carboxylic acids is 1. The van der Waals surface area contributed by atoms with Crippen LogP contribution in [0.2, 0.25) is 0 Å². The molecular formula is C7H9NO2. The maximum absolute atomic E-state index is 10.4. The van der Waals surface area contributed by atoms with E-state index < -0.39 is 5.97 Å². The van der Waals surface area contributed by atoms with Crippen molar-refractivity contribution in [2.75, 3.05) is 13.1 Å². The largest absolute Gasteiger partial charge is 0.478 e. The molecule has 0 aromatic rings. The topological polar surface area (TPSA) is 49.3 Å². The number of carboxylic acids is 1. The molecule has 10 heavy (non-hydrogen) atoms. The molecule has 0 unspecified atom stereocenters. The van der Waals surface area contributed by atoms with E-state index in [1.807, 2.05) is 6.08 Å². The molecular weight excluding hydrogens is 130 g/mol. The van der Waals surface area contributed by atoms with Crippen LogP contribution in [-0.4, -0.2) is 24.2 Å². The Balaban J connectivity index is 2.66. The van der Waals surface area contributed by atoms with Crippen LogP contribution >= 0.6 is 0 Å². The summed E-state index contributed by atoms with van der Waals surface area (Å²) in [6, 6.07) is 0. The van der Waals surface area contributed by atoms with Crippen molar-refractivity contribution in [2.24, 2.45) is 0 Å². The van der Waals surface area contributed by atoms with Gasteiger partial charge in [-0.3, -0.25) is 0 Å². The first-order valence-corrected chi connectivity index (χ1v) is 3.10. The lowest BCUT2D eigenvalue weighted by molar-refractivity contribution is -0.132. The van der Waals surface area contributed by atoms with E-state index in [-0.39, 0.29) is 0 Å².